The molecule has 1 unspecified atom stereocenters. The topological polar surface area (TPSA) is 35.2 Å². The summed E-state index contributed by atoms with van der Waals surface area (Å²) >= 11 is 0. The lowest BCUT2D eigenvalue weighted by Crippen LogP contribution is -2.17. The number of halogens is 3. The van der Waals surface area contributed by atoms with Crippen LogP contribution in [-0.4, -0.2) is 7.11 Å². The first-order valence-electron chi connectivity index (χ1n) is 5.99. The standard InChI is InChI=1S/C15H14F3NO/c1-8-6-12(18)9(7-11(8)17)15(19)14-10(16)4-3-5-13(14)20-2/h3-7,15H,19H2,1-2H3. The van der Waals surface area contributed by atoms with Crippen molar-refractivity contribution in [2.75, 3.05) is 7.11 Å². The zero-order valence-electron chi connectivity index (χ0n) is 11.1. The molecule has 2 aromatic carbocycles. The second-order valence-corrected chi connectivity index (χ2v) is 4.46. The molecule has 106 valence electrons. The minimum absolute atomic E-state index is 0.00264. The van der Waals surface area contributed by atoms with Gasteiger partial charge in [-0.25, -0.2) is 13.2 Å². The largest absolute Gasteiger partial charge is 0.496 e. The summed E-state index contributed by atoms with van der Waals surface area (Å²) in [6, 6.07) is 5.04. The Balaban J connectivity index is 2.57. The summed E-state index contributed by atoms with van der Waals surface area (Å²) in [4.78, 5) is 0. The zero-order valence-corrected chi connectivity index (χ0v) is 11.1. The van der Waals surface area contributed by atoms with Gasteiger partial charge in [-0.2, -0.15) is 0 Å². The van der Waals surface area contributed by atoms with Crippen molar-refractivity contribution in [3.05, 3.63) is 64.5 Å². The number of methoxy groups -OCH3 is 1. The van der Waals surface area contributed by atoms with Gasteiger partial charge in [0.25, 0.3) is 0 Å². The van der Waals surface area contributed by atoms with Gasteiger partial charge >= 0.3 is 0 Å². The first-order valence-corrected chi connectivity index (χ1v) is 5.99. The molecule has 0 fully saturated rings. The lowest BCUT2D eigenvalue weighted by atomic mass is 9.96. The van der Waals surface area contributed by atoms with E-state index in [0.29, 0.717) is 0 Å². The van der Waals surface area contributed by atoms with Gasteiger partial charge in [-0.3, -0.25) is 0 Å². The Kier molecular flexibility index (Phi) is 3.99. The highest BCUT2D eigenvalue weighted by Crippen LogP contribution is 2.32. The van der Waals surface area contributed by atoms with Crippen LogP contribution in [0.1, 0.15) is 22.7 Å². The van der Waals surface area contributed by atoms with Crippen LogP contribution in [0, 0.1) is 24.4 Å². The number of benzene rings is 2. The van der Waals surface area contributed by atoms with Crippen LogP contribution in [0.15, 0.2) is 30.3 Å². The summed E-state index contributed by atoms with van der Waals surface area (Å²) in [5.74, 6) is -1.70. The van der Waals surface area contributed by atoms with Gasteiger partial charge in [-0.15, -0.1) is 0 Å². The first-order chi connectivity index (χ1) is 9.45. The molecule has 0 aliphatic heterocycles. The fourth-order valence-electron chi connectivity index (χ4n) is 2.05. The van der Waals surface area contributed by atoms with E-state index in [0.717, 1.165) is 12.1 Å². The average molecular weight is 281 g/mol. The molecule has 0 amide bonds. The van der Waals surface area contributed by atoms with Crippen molar-refractivity contribution in [3.8, 4) is 5.75 Å². The van der Waals surface area contributed by atoms with Crippen molar-refractivity contribution < 1.29 is 17.9 Å². The van der Waals surface area contributed by atoms with Crippen molar-refractivity contribution in [1.82, 2.24) is 0 Å². The van der Waals surface area contributed by atoms with Crippen LogP contribution in [0.25, 0.3) is 0 Å². The average Bonchev–Trinajstić information content (AvgIpc) is 2.41. The van der Waals surface area contributed by atoms with Gasteiger partial charge in [0.2, 0.25) is 0 Å². The highest BCUT2D eigenvalue weighted by atomic mass is 19.1. The molecule has 2 nitrogen and oxygen atoms in total. The lowest BCUT2D eigenvalue weighted by Gasteiger charge is -2.18. The predicted octanol–water partition coefficient (Wildman–Crippen LogP) is 3.47. The van der Waals surface area contributed by atoms with E-state index in [-0.39, 0.29) is 22.4 Å². The summed E-state index contributed by atoms with van der Waals surface area (Å²) in [5, 5.41) is 0. The maximum Gasteiger partial charge on any atom is 0.132 e. The smallest absolute Gasteiger partial charge is 0.132 e. The monoisotopic (exact) mass is 281 g/mol. The van der Waals surface area contributed by atoms with E-state index in [4.69, 9.17) is 10.5 Å². The number of hydrogen-bond acceptors (Lipinski definition) is 2. The molecular formula is C15H14F3NO. The van der Waals surface area contributed by atoms with Gasteiger partial charge in [0, 0.05) is 5.56 Å². The van der Waals surface area contributed by atoms with Gasteiger partial charge in [0.05, 0.1) is 18.7 Å². The van der Waals surface area contributed by atoms with Gasteiger partial charge in [0.1, 0.15) is 23.2 Å². The normalized spacial score (nSPS) is 12.3. The minimum atomic E-state index is -1.15. The lowest BCUT2D eigenvalue weighted by molar-refractivity contribution is 0.401. The molecule has 0 aliphatic carbocycles. The Morgan fingerprint density at radius 3 is 2.40 bits per heavy atom. The molecule has 0 aromatic heterocycles. The molecule has 5 heteroatoms. The summed E-state index contributed by atoms with van der Waals surface area (Å²) in [6.45, 7) is 1.44. The van der Waals surface area contributed by atoms with E-state index in [9.17, 15) is 13.2 Å². The number of aryl methyl sites for hydroxylation is 1. The summed E-state index contributed by atoms with van der Waals surface area (Å²) in [6.07, 6.45) is 0. The number of rotatable bonds is 3. The highest BCUT2D eigenvalue weighted by molar-refractivity contribution is 5.43. The SMILES string of the molecule is COc1cccc(F)c1C(N)c1cc(F)c(C)cc1F. The minimum Gasteiger partial charge on any atom is -0.496 e. The van der Waals surface area contributed by atoms with E-state index < -0.39 is 23.5 Å². The summed E-state index contributed by atoms with van der Waals surface area (Å²) in [7, 11) is 1.36. The fourth-order valence-corrected chi connectivity index (χ4v) is 2.05. The maximum absolute atomic E-state index is 13.9. The van der Waals surface area contributed by atoms with Gasteiger partial charge in [0.15, 0.2) is 0 Å². The van der Waals surface area contributed by atoms with Gasteiger partial charge in [-0.1, -0.05) is 6.07 Å². The van der Waals surface area contributed by atoms with Crippen LogP contribution in [0.2, 0.25) is 0 Å². The number of hydrogen-bond donors (Lipinski definition) is 1. The molecule has 0 spiro atoms. The summed E-state index contributed by atoms with van der Waals surface area (Å²) in [5.41, 5.74) is 5.94. The third-order valence-corrected chi connectivity index (χ3v) is 3.16. The van der Waals surface area contributed by atoms with E-state index in [2.05, 4.69) is 0 Å². The van der Waals surface area contributed by atoms with Crippen LogP contribution in [0.3, 0.4) is 0 Å². The Labute approximate surface area is 115 Å². The second kappa shape index (κ2) is 5.54. The molecule has 0 aliphatic rings. The fraction of sp³-hybridized carbons (Fsp3) is 0.200. The van der Waals surface area contributed by atoms with Crippen molar-refractivity contribution in [3.63, 3.8) is 0 Å². The van der Waals surface area contributed by atoms with Crippen molar-refractivity contribution in [2.45, 2.75) is 13.0 Å². The van der Waals surface area contributed by atoms with E-state index in [1.807, 2.05) is 0 Å². The van der Waals surface area contributed by atoms with E-state index in [1.165, 1.54) is 32.2 Å². The van der Waals surface area contributed by atoms with Crippen molar-refractivity contribution >= 4 is 0 Å². The number of nitrogens with two attached hydrogens (primary N) is 1. The first kappa shape index (κ1) is 14.4. The molecule has 1 atom stereocenters. The van der Waals surface area contributed by atoms with Crippen LogP contribution in [0.4, 0.5) is 13.2 Å². The van der Waals surface area contributed by atoms with Crippen LogP contribution in [-0.2, 0) is 0 Å². The molecule has 2 N–H and O–H groups in total. The Bertz CT molecular complexity index is 643. The Hall–Kier alpha value is -2.01. The third kappa shape index (κ3) is 2.49. The molecule has 2 rings (SSSR count). The molecule has 0 heterocycles. The zero-order chi connectivity index (χ0) is 14.9. The Morgan fingerprint density at radius 2 is 1.75 bits per heavy atom. The number of ether oxygens (including phenoxy) is 1. The molecule has 0 radical (unpaired) electrons. The quantitative estimate of drug-likeness (QED) is 0.935. The van der Waals surface area contributed by atoms with Crippen LogP contribution in [0.5, 0.6) is 5.75 Å². The third-order valence-electron chi connectivity index (χ3n) is 3.16. The van der Waals surface area contributed by atoms with Gasteiger partial charge in [-0.05, 0) is 36.8 Å². The van der Waals surface area contributed by atoms with E-state index in [1.54, 1.807) is 0 Å². The van der Waals surface area contributed by atoms with E-state index >= 15 is 0 Å². The summed E-state index contributed by atoms with van der Waals surface area (Å²) < 4.78 is 46.4. The molecule has 0 saturated heterocycles. The second-order valence-electron chi connectivity index (χ2n) is 4.46. The van der Waals surface area contributed by atoms with Crippen molar-refractivity contribution in [1.29, 1.82) is 0 Å². The predicted molar refractivity (Wildman–Crippen MR) is 70.1 cm³/mol. The van der Waals surface area contributed by atoms with Crippen molar-refractivity contribution in [2.24, 2.45) is 5.73 Å². The highest BCUT2D eigenvalue weighted by Gasteiger charge is 2.22. The molecule has 0 saturated carbocycles. The maximum atomic E-state index is 13.9. The molecule has 0 bridgehead atoms. The van der Waals surface area contributed by atoms with Gasteiger partial charge < -0.3 is 10.5 Å². The molecular weight excluding hydrogens is 267 g/mol. The Morgan fingerprint density at radius 1 is 1.05 bits per heavy atom. The van der Waals surface area contributed by atoms with Crippen LogP contribution < -0.4 is 10.5 Å². The molecule has 2 aromatic rings. The molecule has 20 heavy (non-hydrogen) atoms. The van der Waals surface area contributed by atoms with Crippen LogP contribution >= 0.6 is 0 Å².